The highest BCUT2D eigenvalue weighted by molar-refractivity contribution is 7.13. The summed E-state index contributed by atoms with van der Waals surface area (Å²) in [5, 5.41) is 17.8. The van der Waals surface area contributed by atoms with E-state index in [0.717, 1.165) is 22.6 Å². The molecule has 0 radical (unpaired) electrons. The fourth-order valence-corrected chi connectivity index (χ4v) is 3.32. The minimum Gasteiger partial charge on any atom is -0.497 e. The monoisotopic (exact) mass is 435 g/mol. The van der Waals surface area contributed by atoms with Crippen molar-refractivity contribution in [1.82, 2.24) is 20.7 Å². The van der Waals surface area contributed by atoms with Crippen LogP contribution in [-0.2, 0) is 6.54 Å². The van der Waals surface area contributed by atoms with Gasteiger partial charge in [-0.15, -0.1) is 10.2 Å². The number of nitrogens with zero attached hydrogens (tertiary/aromatic N) is 3. The number of carbonyl (C=O) groups is 2. The summed E-state index contributed by atoms with van der Waals surface area (Å²) in [4.78, 5) is 24.6. The molecule has 2 aromatic carbocycles. The average Bonchev–Trinajstić information content (AvgIpc) is 3.48. The number of para-hydroxylation sites is 1. The summed E-state index contributed by atoms with van der Waals surface area (Å²) in [5.41, 5.74) is 1.57. The fourth-order valence-electron chi connectivity index (χ4n) is 2.64. The van der Waals surface area contributed by atoms with Gasteiger partial charge in [-0.05, 0) is 36.4 Å². The number of aromatic nitrogens is 3. The number of hydrogen-bond acceptors (Lipinski definition) is 8. The van der Waals surface area contributed by atoms with Crippen LogP contribution in [0.3, 0.4) is 0 Å². The summed E-state index contributed by atoms with van der Waals surface area (Å²) in [6.07, 6.45) is 0. The lowest BCUT2D eigenvalue weighted by molar-refractivity contribution is 0.0941. The van der Waals surface area contributed by atoms with Crippen LogP contribution in [0.2, 0.25) is 0 Å². The lowest BCUT2D eigenvalue weighted by Gasteiger charge is -2.01. The number of anilines is 1. The highest BCUT2D eigenvalue weighted by Crippen LogP contribution is 2.23. The maximum atomic E-state index is 12.4. The first-order valence-corrected chi connectivity index (χ1v) is 10.0. The molecule has 0 aliphatic carbocycles. The van der Waals surface area contributed by atoms with Gasteiger partial charge in [-0.1, -0.05) is 34.7 Å². The molecule has 0 saturated heterocycles. The third-order valence-corrected chi connectivity index (χ3v) is 5.13. The Labute approximate surface area is 181 Å². The molecule has 0 unspecified atom stereocenters. The lowest BCUT2D eigenvalue weighted by Crippen LogP contribution is -2.22. The number of carbonyl (C=O) groups excluding carboxylic acids is 2. The SMILES string of the molecule is COc1ccc(-c2cc(C(=O)NCc3nnc(C(=O)Nc4ccccc4)s3)no2)cc1. The van der Waals surface area contributed by atoms with Crippen molar-refractivity contribution in [2.24, 2.45) is 0 Å². The van der Waals surface area contributed by atoms with Crippen molar-refractivity contribution in [3.8, 4) is 17.1 Å². The maximum Gasteiger partial charge on any atom is 0.286 e. The Kier molecular flexibility index (Phi) is 5.99. The molecule has 10 heteroatoms. The number of rotatable bonds is 7. The van der Waals surface area contributed by atoms with E-state index in [4.69, 9.17) is 9.26 Å². The van der Waals surface area contributed by atoms with Gasteiger partial charge in [0.15, 0.2) is 11.5 Å². The predicted octanol–water partition coefficient (Wildman–Crippen LogP) is 3.38. The van der Waals surface area contributed by atoms with Crippen LogP contribution < -0.4 is 15.4 Å². The molecule has 4 aromatic rings. The van der Waals surface area contributed by atoms with E-state index in [1.807, 2.05) is 30.3 Å². The van der Waals surface area contributed by atoms with E-state index in [2.05, 4.69) is 26.0 Å². The summed E-state index contributed by atoms with van der Waals surface area (Å²) in [6, 6.07) is 17.8. The third kappa shape index (κ3) is 4.93. The normalized spacial score (nSPS) is 10.5. The van der Waals surface area contributed by atoms with Crippen molar-refractivity contribution in [2.45, 2.75) is 6.54 Å². The number of nitrogens with one attached hydrogen (secondary N) is 2. The number of amides is 2. The van der Waals surface area contributed by atoms with Crippen LogP contribution >= 0.6 is 11.3 Å². The molecule has 2 aromatic heterocycles. The van der Waals surface area contributed by atoms with E-state index in [1.165, 1.54) is 0 Å². The zero-order valence-electron chi connectivity index (χ0n) is 16.4. The topological polar surface area (TPSA) is 119 Å². The molecule has 9 nitrogen and oxygen atoms in total. The standard InChI is InChI=1S/C21H17N5O4S/c1-29-15-9-7-13(8-10-15)17-11-16(26-30-17)19(27)22-12-18-24-25-21(31-18)20(28)23-14-5-3-2-4-6-14/h2-11H,12H2,1H3,(H,22,27)(H,23,28). The molecule has 0 aliphatic heterocycles. The van der Waals surface area contributed by atoms with Crippen LogP contribution in [0.25, 0.3) is 11.3 Å². The van der Waals surface area contributed by atoms with Crippen LogP contribution in [0.5, 0.6) is 5.75 Å². The molecular formula is C21H17N5O4S. The molecule has 2 amide bonds. The smallest absolute Gasteiger partial charge is 0.286 e. The second kappa shape index (κ2) is 9.18. The van der Waals surface area contributed by atoms with Gasteiger partial charge < -0.3 is 19.9 Å². The molecule has 0 aliphatic rings. The Morgan fingerprint density at radius 1 is 1.03 bits per heavy atom. The molecule has 0 spiro atoms. The molecule has 2 N–H and O–H groups in total. The minimum absolute atomic E-state index is 0.111. The van der Waals surface area contributed by atoms with Crippen LogP contribution in [-0.4, -0.2) is 34.3 Å². The second-order valence-electron chi connectivity index (χ2n) is 6.31. The van der Waals surface area contributed by atoms with E-state index in [-0.39, 0.29) is 23.2 Å². The van der Waals surface area contributed by atoms with Crippen molar-refractivity contribution in [1.29, 1.82) is 0 Å². The van der Waals surface area contributed by atoms with Crippen molar-refractivity contribution < 1.29 is 18.8 Å². The number of benzene rings is 2. The van der Waals surface area contributed by atoms with Crippen molar-refractivity contribution in [3.63, 3.8) is 0 Å². The summed E-state index contributed by atoms with van der Waals surface area (Å²) in [5.74, 6) is 0.398. The van der Waals surface area contributed by atoms with E-state index >= 15 is 0 Å². The van der Waals surface area contributed by atoms with E-state index in [9.17, 15) is 9.59 Å². The van der Waals surface area contributed by atoms with E-state index in [0.29, 0.717) is 16.5 Å². The van der Waals surface area contributed by atoms with Crippen LogP contribution in [0.4, 0.5) is 5.69 Å². The zero-order chi connectivity index (χ0) is 21.6. The van der Waals surface area contributed by atoms with E-state index in [1.54, 1.807) is 37.4 Å². The van der Waals surface area contributed by atoms with Gasteiger partial charge in [0.2, 0.25) is 5.01 Å². The first kappa shape index (κ1) is 20.2. The van der Waals surface area contributed by atoms with Gasteiger partial charge >= 0.3 is 0 Å². The van der Waals surface area contributed by atoms with Crippen molar-refractivity contribution in [2.75, 3.05) is 12.4 Å². The quantitative estimate of drug-likeness (QED) is 0.457. The van der Waals surface area contributed by atoms with Gasteiger partial charge in [-0.3, -0.25) is 9.59 Å². The third-order valence-electron chi connectivity index (χ3n) is 4.21. The summed E-state index contributed by atoms with van der Waals surface area (Å²) < 4.78 is 10.4. The van der Waals surface area contributed by atoms with Crippen molar-refractivity contribution in [3.05, 3.63) is 76.4 Å². The fraction of sp³-hybridized carbons (Fsp3) is 0.0952. The van der Waals surface area contributed by atoms with Gasteiger partial charge in [0.1, 0.15) is 10.8 Å². The Hall–Kier alpha value is -4.05. The largest absolute Gasteiger partial charge is 0.497 e. The van der Waals surface area contributed by atoms with Crippen LogP contribution in [0, 0.1) is 0 Å². The van der Waals surface area contributed by atoms with Gasteiger partial charge in [0.05, 0.1) is 13.7 Å². The number of hydrogen-bond donors (Lipinski definition) is 2. The highest BCUT2D eigenvalue weighted by Gasteiger charge is 2.16. The van der Waals surface area contributed by atoms with E-state index < -0.39 is 5.91 Å². The second-order valence-corrected chi connectivity index (χ2v) is 7.37. The first-order chi connectivity index (χ1) is 15.1. The Morgan fingerprint density at radius 2 is 1.81 bits per heavy atom. The molecule has 4 rings (SSSR count). The molecule has 0 fully saturated rings. The highest BCUT2D eigenvalue weighted by atomic mass is 32.1. The lowest BCUT2D eigenvalue weighted by atomic mass is 10.1. The summed E-state index contributed by atoms with van der Waals surface area (Å²) in [6.45, 7) is 0.111. The van der Waals surface area contributed by atoms with Crippen LogP contribution in [0.1, 0.15) is 25.3 Å². The molecule has 0 bridgehead atoms. The Bertz CT molecular complexity index is 1190. The van der Waals surface area contributed by atoms with Crippen molar-refractivity contribution >= 4 is 28.8 Å². The molecule has 31 heavy (non-hydrogen) atoms. The molecule has 0 atom stereocenters. The predicted molar refractivity (Wildman–Crippen MR) is 114 cm³/mol. The molecular weight excluding hydrogens is 418 g/mol. The van der Waals surface area contributed by atoms with Crippen LogP contribution in [0.15, 0.2) is 65.2 Å². The molecule has 156 valence electrons. The first-order valence-electron chi connectivity index (χ1n) is 9.20. The molecule has 2 heterocycles. The van der Waals surface area contributed by atoms with Gasteiger partial charge in [0.25, 0.3) is 11.8 Å². The summed E-state index contributed by atoms with van der Waals surface area (Å²) in [7, 11) is 1.59. The molecule has 0 saturated carbocycles. The summed E-state index contributed by atoms with van der Waals surface area (Å²) >= 11 is 1.10. The number of methoxy groups -OCH3 is 1. The zero-order valence-corrected chi connectivity index (χ0v) is 17.2. The van der Waals surface area contributed by atoms with Gasteiger partial charge in [-0.25, -0.2) is 0 Å². The minimum atomic E-state index is -0.422. The maximum absolute atomic E-state index is 12.4. The average molecular weight is 435 g/mol. The number of ether oxygens (including phenoxy) is 1. The Morgan fingerprint density at radius 3 is 2.55 bits per heavy atom. The van der Waals surface area contributed by atoms with Gasteiger partial charge in [0, 0.05) is 17.3 Å². The Balaban J connectivity index is 1.34. The van der Waals surface area contributed by atoms with Gasteiger partial charge in [-0.2, -0.15) is 0 Å².